The van der Waals surface area contributed by atoms with E-state index in [1.165, 1.54) is 43.7 Å². The zero-order valence-corrected chi connectivity index (χ0v) is 12.4. The van der Waals surface area contributed by atoms with E-state index in [9.17, 15) is 0 Å². The Hall–Kier alpha value is -1.02. The lowest BCUT2D eigenvalue weighted by molar-refractivity contribution is 0.255. The highest BCUT2D eigenvalue weighted by Gasteiger charge is 2.34. The number of hydrogen-bond acceptors (Lipinski definition) is 2. The topological polar surface area (TPSA) is 15.3 Å². The number of fused-ring (bicyclic) bond motifs is 2. The molecule has 3 rings (SSSR count). The maximum atomic E-state index is 3.76. The molecule has 2 heterocycles. The van der Waals surface area contributed by atoms with Gasteiger partial charge in [-0.15, -0.1) is 0 Å². The Morgan fingerprint density at radius 2 is 1.74 bits per heavy atom. The van der Waals surface area contributed by atoms with Crippen molar-refractivity contribution in [3.05, 3.63) is 29.8 Å². The standard InChI is InChI=1S/C17H26N2/c1-17(2,3)14-4-6-15(7-5-14)18-16-9-11-19-10-8-13(16)12-19/h4-7,13,16,18H,8-12H2,1-3H3. The van der Waals surface area contributed by atoms with Crippen molar-refractivity contribution < 1.29 is 0 Å². The van der Waals surface area contributed by atoms with Gasteiger partial charge in [-0.25, -0.2) is 0 Å². The van der Waals surface area contributed by atoms with Crippen LogP contribution < -0.4 is 5.32 Å². The average molecular weight is 258 g/mol. The maximum Gasteiger partial charge on any atom is 0.0342 e. The molecule has 2 heteroatoms. The summed E-state index contributed by atoms with van der Waals surface area (Å²) < 4.78 is 0. The zero-order valence-electron chi connectivity index (χ0n) is 12.4. The summed E-state index contributed by atoms with van der Waals surface area (Å²) in [4.78, 5) is 2.60. The fraction of sp³-hybridized carbons (Fsp3) is 0.647. The van der Waals surface area contributed by atoms with Gasteiger partial charge in [0.1, 0.15) is 0 Å². The SMILES string of the molecule is CC(C)(C)c1ccc(NC2CCN3CCC2C3)cc1. The van der Waals surface area contributed by atoms with Crippen LogP contribution in [0.4, 0.5) is 5.69 Å². The van der Waals surface area contributed by atoms with E-state index in [2.05, 4.69) is 55.3 Å². The van der Waals surface area contributed by atoms with Crippen LogP contribution >= 0.6 is 0 Å². The normalized spacial score (nSPS) is 30.4. The van der Waals surface area contributed by atoms with E-state index in [1.54, 1.807) is 0 Å². The second-order valence-corrected chi connectivity index (χ2v) is 7.22. The monoisotopic (exact) mass is 258 g/mol. The van der Waals surface area contributed by atoms with Gasteiger partial charge in [0.05, 0.1) is 0 Å². The highest BCUT2D eigenvalue weighted by molar-refractivity contribution is 5.46. The molecule has 0 aliphatic carbocycles. The molecule has 0 saturated carbocycles. The van der Waals surface area contributed by atoms with Gasteiger partial charge < -0.3 is 10.2 Å². The number of piperidine rings is 1. The Morgan fingerprint density at radius 3 is 2.42 bits per heavy atom. The Bertz CT molecular complexity index is 430. The molecule has 2 fully saturated rings. The van der Waals surface area contributed by atoms with Crippen molar-refractivity contribution in [3.63, 3.8) is 0 Å². The van der Waals surface area contributed by atoms with Crippen molar-refractivity contribution in [3.8, 4) is 0 Å². The maximum absolute atomic E-state index is 3.76. The van der Waals surface area contributed by atoms with Gasteiger partial charge in [-0.05, 0) is 48.4 Å². The quantitative estimate of drug-likeness (QED) is 0.873. The molecule has 1 N–H and O–H groups in total. The van der Waals surface area contributed by atoms with E-state index < -0.39 is 0 Å². The first-order valence-corrected chi connectivity index (χ1v) is 7.62. The van der Waals surface area contributed by atoms with Crippen LogP contribution in [-0.2, 0) is 5.41 Å². The summed E-state index contributed by atoms with van der Waals surface area (Å²) in [5.41, 5.74) is 2.95. The van der Waals surface area contributed by atoms with E-state index in [0.717, 1.165) is 5.92 Å². The minimum absolute atomic E-state index is 0.245. The summed E-state index contributed by atoms with van der Waals surface area (Å²) in [6.45, 7) is 10.7. The minimum atomic E-state index is 0.245. The summed E-state index contributed by atoms with van der Waals surface area (Å²) in [7, 11) is 0. The number of anilines is 1. The first-order chi connectivity index (χ1) is 9.02. The third-order valence-corrected chi connectivity index (χ3v) is 4.74. The van der Waals surface area contributed by atoms with Crippen molar-refractivity contribution in [2.75, 3.05) is 25.0 Å². The molecule has 1 aromatic carbocycles. The molecular formula is C17H26N2. The highest BCUT2D eigenvalue weighted by atomic mass is 15.2. The van der Waals surface area contributed by atoms with Gasteiger partial charge in [0.25, 0.3) is 0 Å². The smallest absolute Gasteiger partial charge is 0.0342 e. The molecule has 19 heavy (non-hydrogen) atoms. The first kappa shape index (κ1) is 13.0. The summed E-state index contributed by atoms with van der Waals surface area (Å²) >= 11 is 0. The first-order valence-electron chi connectivity index (χ1n) is 7.62. The molecule has 1 aromatic rings. The molecule has 0 amide bonds. The fourth-order valence-corrected chi connectivity index (χ4v) is 3.42. The molecule has 104 valence electrons. The lowest BCUT2D eigenvalue weighted by Gasteiger charge is -2.32. The van der Waals surface area contributed by atoms with Crippen LogP contribution in [-0.4, -0.2) is 30.6 Å². The van der Waals surface area contributed by atoms with E-state index in [0.29, 0.717) is 6.04 Å². The lowest BCUT2D eigenvalue weighted by Crippen LogP contribution is -2.39. The fourth-order valence-electron chi connectivity index (χ4n) is 3.42. The molecule has 2 nitrogen and oxygen atoms in total. The number of benzene rings is 1. The van der Waals surface area contributed by atoms with Crippen molar-refractivity contribution >= 4 is 5.69 Å². The van der Waals surface area contributed by atoms with Crippen molar-refractivity contribution in [1.82, 2.24) is 4.90 Å². The van der Waals surface area contributed by atoms with Gasteiger partial charge in [0.2, 0.25) is 0 Å². The molecule has 0 radical (unpaired) electrons. The summed E-state index contributed by atoms with van der Waals surface area (Å²) in [6, 6.07) is 9.72. The number of hydrogen-bond donors (Lipinski definition) is 1. The Balaban J connectivity index is 1.67. The predicted molar refractivity (Wildman–Crippen MR) is 81.7 cm³/mol. The molecule has 0 spiro atoms. The highest BCUT2D eigenvalue weighted by Crippen LogP contribution is 2.30. The molecule has 2 aliphatic rings. The molecule has 3 unspecified atom stereocenters. The van der Waals surface area contributed by atoms with E-state index in [1.807, 2.05) is 0 Å². The third-order valence-electron chi connectivity index (χ3n) is 4.74. The summed E-state index contributed by atoms with van der Waals surface area (Å²) in [6.07, 6.45) is 2.67. The average Bonchev–Trinajstić information content (AvgIpc) is 2.75. The Labute approximate surface area is 117 Å². The molecule has 0 aromatic heterocycles. The van der Waals surface area contributed by atoms with Gasteiger partial charge in [0.15, 0.2) is 0 Å². The van der Waals surface area contributed by atoms with E-state index in [4.69, 9.17) is 0 Å². The van der Waals surface area contributed by atoms with Crippen LogP contribution in [0.2, 0.25) is 0 Å². The van der Waals surface area contributed by atoms with Crippen LogP contribution in [0, 0.1) is 5.92 Å². The molecule has 2 aliphatic heterocycles. The number of rotatable bonds is 2. The largest absolute Gasteiger partial charge is 0.382 e. The minimum Gasteiger partial charge on any atom is -0.382 e. The van der Waals surface area contributed by atoms with Crippen LogP contribution in [0.1, 0.15) is 39.2 Å². The Morgan fingerprint density at radius 1 is 1.05 bits per heavy atom. The van der Waals surface area contributed by atoms with Gasteiger partial charge in [-0.1, -0.05) is 32.9 Å². The number of nitrogens with zero attached hydrogens (tertiary/aromatic N) is 1. The summed E-state index contributed by atoms with van der Waals surface area (Å²) in [5.74, 6) is 0.857. The van der Waals surface area contributed by atoms with Crippen LogP contribution in [0.3, 0.4) is 0 Å². The molecule has 2 bridgehead atoms. The second-order valence-electron chi connectivity index (χ2n) is 7.22. The van der Waals surface area contributed by atoms with Gasteiger partial charge in [-0.3, -0.25) is 0 Å². The molecular weight excluding hydrogens is 232 g/mol. The lowest BCUT2D eigenvalue weighted by atomic mass is 9.87. The van der Waals surface area contributed by atoms with Gasteiger partial charge >= 0.3 is 0 Å². The second kappa shape index (κ2) is 4.82. The van der Waals surface area contributed by atoms with E-state index in [-0.39, 0.29) is 5.41 Å². The third kappa shape index (κ3) is 2.79. The molecule has 3 atom stereocenters. The van der Waals surface area contributed by atoms with Crippen molar-refractivity contribution in [1.29, 1.82) is 0 Å². The van der Waals surface area contributed by atoms with Gasteiger partial charge in [-0.2, -0.15) is 0 Å². The van der Waals surface area contributed by atoms with Crippen molar-refractivity contribution in [2.24, 2.45) is 5.92 Å². The van der Waals surface area contributed by atoms with E-state index >= 15 is 0 Å². The number of nitrogens with one attached hydrogen (secondary N) is 1. The van der Waals surface area contributed by atoms with Crippen molar-refractivity contribution in [2.45, 2.75) is 45.1 Å². The van der Waals surface area contributed by atoms with Gasteiger partial charge in [0, 0.05) is 24.8 Å². The van der Waals surface area contributed by atoms with Crippen LogP contribution in [0.15, 0.2) is 24.3 Å². The zero-order chi connectivity index (χ0) is 13.5. The van der Waals surface area contributed by atoms with Crippen LogP contribution in [0.25, 0.3) is 0 Å². The van der Waals surface area contributed by atoms with Crippen LogP contribution in [0.5, 0.6) is 0 Å². The summed E-state index contributed by atoms with van der Waals surface area (Å²) in [5, 5.41) is 3.76. The predicted octanol–water partition coefficient (Wildman–Crippen LogP) is 3.49. The Kier molecular flexibility index (Phi) is 3.30. The molecule has 2 saturated heterocycles.